The molecule has 2 heterocycles. The third kappa shape index (κ3) is 5.75. The summed E-state index contributed by atoms with van der Waals surface area (Å²) in [5.74, 6) is 2.30. The molecule has 0 bridgehead atoms. The summed E-state index contributed by atoms with van der Waals surface area (Å²) < 4.78 is 4.60. The average Bonchev–Trinajstić information content (AvgIpc) is 3.61. The number of fused-ring (bicyclic) bond motifs is 3. The predicted molar refractivity (Wildman–Crippen MR) is 192 cm³/mol. The summed E-state index contributed by atoms with van der Waals surface area (Å²) in [4.78, 5) is 0. The molecule has 0 saturated carbocycles. The van der Waals surface area contributed by atoms with Crippen molar-refractivity contribution in [1.29, 1.82) is 0 Å². The molecule has 0 aliphatic heterocycles. The standard InChI is InChI=1S/C39H35N4.2CH4.Ir/c1-25(2)30-17-12-18-31(26(3)4)37(30)43-38(40-41-39(43)32-14-7-6-13-27(32)5)28-21-23-29(24-22-28)42-35-19-10-8-15-33(35)34-16-9-11-20-36(34)42;;;/h6-21,23-26H,1-5H3;2*1H4;/q-1;;;. The van der Waals surface area contributed by atoms with Gasteiger partial charge < -0.3 is 9.13 Å². The molecule has 2 aromatic heterocycles. The first kappa shape index (κ1) is 34.6. The maximum absolute atomic E-state index is 4.85. The second-order valence-corrected chi connectivity index (χ2v) is 11.9. The topological polar surface area (TPSA) is 35.6 Å². The van der Waals surface area contributed by atoms with Crippen molar-refractivity contribution in [2.75, 3.05) is 0 Å². The first-order chi connectivity index (χ1) is 20.9. The van der Waals surface area contributed by atoms with E-state index in [0.717, 1.165) is 28.5 Å². The molecule has 237 valence electrons. The first-order valence-electron chi connectivity index (χ1n) is 15.1. The van der Waals surface area contributed by atoms with E-state index in [1.165, 1.54) is 44.2 Å². The number of para-hydroxylation sites is 3. The van der Waals surface area contributed by atoms with Crippen molar-refractivity contribution in [3.63, 3.8) is 0 Å². The van der Waals surface area contributed by atoms with Gasteiger partial charge in [-0.1, -0.05) is 121 Å². The summed E-state index contributed by atoms with van der Waals surface area (Å²) in [6, 6.07) is 42.3. The van der Waals surface area contributed by atoms with Gasteiger partial charge >= 0.3 is 0 Å². The van der Waals surface area contributed by atoms with Crippen molar-refractivity contribution < 1.29 is 20.1 Å². The predicted octanol–water partition coefficient (Wildman–Crippen LogP) is 11.3. The maximum atomic E-state index is 4.85. The SMILES string of the molecule is C.C.Cc1ccccc1-c1nnc(-c2[c-]cc(-n3c4ccccc4c4ccccc43)cc2)n1-c1c(C(C)C)cccc1C(C)C.[Ir]. The summed E-state index contributed by atoms with van der Waals surface area (Å²) in [5, 5.41) is 12.2. The van der Waals surface area contributed by atoms with Crippen molar-refractivity contribution in [1.82, 2.24) is 19.3 Å². The van der Waals surface area contributed by atoms with Gasteiger partial charge in [-0.25, -0.2) is 0 Å². The van der Waals surface area contributed by atoms with Crippen LogP contribution in [0.1, 0.15) is 71.1 Å². The van der Waals surface area contributed by atoms with Crippen LogP contribution in [-0.2, 0) is 20.1 Å². The Kier molecular flexibility index (Phi) is 10.5. The molecule has 0 atom stereocenters. The van der Waals surface area contributed by atoms with Gasteiger partial charge in [0.05, 0.1) is 5.82 Å². The number of hydrogen-bond acceptors (Lipinski definition) is 2. The molecular weight excluding hydrogens is 741 g/mol. The molecule has 0 N–H and O–H groups in total. The van der Waals surface area contributed by atoms with Gasteiger partial charge in [0, 0.05) is 53.2 Å². The van der Waals surface area contributed by atoms with Crippen LogP contribution < -0.4 is 0 Å². The van der Waals surface area contributed by atoms with E-state index in [-0.39, 0.29) is 35.0 Å². The fraction of sp³-hybridized carbons (Fsp3) is 0.220. The van der Waals surface area contributed by atoms with Crippen LogP contribution in [0.3, 0.4) is 0 Å². The molecule has 7 aromatic rings. The second-order valence-electron chi connectivity index (χ2n) is 11.9. The second kappa shape index (κ2) is 14.0. The monoisotopic (exact) mass is 784 g/mol. The molecule has 7 rings (SSSR count). The molecule has 5 heteroatoms. The summed E-state index contributed by atoms with van der Waals surface area (Å²) in [7, 11) is 0. The zero-order valence-corrected chi connectivity index (χ0v) is 28.1. The Morgan fingerprint density at radius 1 is 0.587 bits per heavy atom. The van der Waals surface area contributed by atoms with Gasteiger partial charge in [0.25, 0.3) is 0 Å². The van der Waals surface area contributed by atoms with E-state index in [4.69, 9.17) is 10.2 Å². The minimum absolute atomic E-state index is 0. The van der Waals surface area contributed by atoms with Crippen LogP contribution in [0.5, 0.6) is 0 Å². The minimum atomic E-state index is 0. The van der Waals surface area contributed by atoms with Crippen LogP contribution in [-0.4, -0.2) is 19.3 Å². The molecule has 0 amide bonds. The molecule has 0 saturated heterocycles. The minimum Gasteiger partial charge on any atom is -0.351 e. The van der Waals surface area contributed by atoms with E-state index >= 15 is 0 Å². The van der Waals surface area contributed by atoms with Crippen LogP contribution in [0.25, 0.3) is 56.0 Å². The molecule has 1 radical (unpaired) electrons. The van der Waals surface area contributed by atoms with Crippen molar-refractivity contribution in [2.24, 2.45) is 0 Å². The zero-order valence-electron chi connectivity index (χ0n) is 25.7. The Balaban J connectivity index is 0.00000160. The molecule has 0 fully saturated rings. The van der Waals surface area contributed by atoms with E-state index in [0.29, 0.717) is 11.8 Å². The fourth-order valence-electron chi connectivity index (χ4n) is 6.33. The largest absolute Gasteiger partial charge is 0.351 e. The Hall–Kier alpha value is -4.31. The molecule has 46 heavy (non-hydrogen) atoms. The summed E-state index contributed by atoms with van der Waals surface area (Å²) in [6.45, 7) is 11.2. The van der Waals surface area contributed by atoms with Crippen molar-refractivity contribution in [3.05, 3.63) is 132 Å². The van der Waals surface area contributed by atoms with Gasteiger partial charge in [0.1, 0.15) is 0 Å². The zero-order chi connectivity index (χ0) is 29.7. The van der Waals surface area contributed by atoms with Crippen molar-refractivity contribution in [2.45, 2.75) is 61.3 Å². The van der Waals surface area contributed by atoms with Crippen molar-refractivity contribution >= 4 is 21.8 Å². The van der Waals surface area contributed by atoms with Crippen LogP contribution in [0.15, 0.2) is 109 Å². The molecule has 0 unspecified atom stereocenters. The molecule has 5 aromatic carbocycles. The van der Waals surface area contributed by atoms with Gasteiger partial charge in [-0.15, -0.1) is 34.9 Å². The van der Waals surface area contributed by atoms with Crippen LogP contribution >= 0.6 is 0 Å². The third-order valence-corrected chi connectivity index (χ3v) is 8.49. The normalized spacial score (nSPS) is 11.0. The van der Waals surface area contributed by atoms with Gasteiger partial charge in [0.2, 0.25) is 0 Å². The Morgan fingerprint density at radius 2 is 1.13 bits per heavy atom. The number of nitrogens with zero attached hydrogens (tertiary/aromatic N) is 4. The molecule has 4 nitrogen and oxygen atoms in total. The van der Waals surface area contributed by atoms with E-state index in [1.54, 1.807) is 0 Å². The smallest absolute Gasteiger partial charge is 0.159 e. The summed E-state index contributed by atoms with van der Waals surface area (Å²) in [5.41, 5.74) is 10.3. The van der Waals surface area contributed by atoms with Crippen molar-refractivity contribution in [3.8, 4) is 34.2 Å². The number of benzene rings is 5. The Bertz CT molecular complexity index is 2020. The number of rotatable bonds is 6. The van der Waals surface area contributed by atoms with Crippen LogP contribution in [0.4, 0.5) is 0 Å². The molecular formula is C41H43IrN4-. The van der Waals surface area contributed by atoms with Crippen LogP contribution in [0, 0.1) is 13.0 Å². The fourth-order valence-corrected chi connectivity index (χ4v) is 6.33. The molecule has 0 aliphatic rings. The summed E-state index contributed by atoms with van der Waals surface area (Å²) >= 11 is 0. The summed E-state index contributed by atoms with van der Waals surface area (Å²) in [6.07, 6.45) is 0. The number of aryl methyl sites for hydroxylation is 1. The van der Waals surface area contributed by atoms with E-state index in [2.05, 4.69) is 159 Å². The average molecular weight is 784 g/mol. The van der Waals surface area contributed by atoms with Crippen LogP contribution in [0.2, 0.25) is 0 Å². The van der Waals surface area contributed by atoms with E-state index in [9.17, 15) is 0 Å². The van der Waals surface area contributed by atoms with Gasteiger partial charge in [-0.2, -0.15) is 5.10 Å². The van der Waals surface area contributed by atoms with E-state index < -0.39 is 0 Å². The molecule has 0 spiro atoms. The third-order valence-electron chi connectivity index (χ3n) is 8.49. The first-order valence-corrected chi connectivity index (χ1v) is 15.1. The Morgan fingerprint density at radius 3 is 1.67 bits per heavy atom. The van der Waals surface area contributed by atoms with E-state index in [1.807, 2.05) is 0 Å². The van der Waals surface area contributed by atoms with Gasteiger partial charge in [0.15, 0.2) is 5.82 Å². The number of aromatic nitrogens is 4. The quantitative estimate of drug-likeness (QED) is 0.158. The Labute approximate surface area is 287 Å². The van der Waals surface area contributed by atoms with Gasteiger partial charge in [-0.05, 0) is 53.3 Å². The number of hydrogen-bond donors (Lipinski definition) is 0. The van der Waals surface area contributed by atoms with Gasteiger partial charge in [-0.3, -0.25) is 0 Å². The molecule has 0 aliphatic carbocycles. The maximum Gasteiger partial charge on any atom is 0.159 e.